The van der Waals surface area contributed by atoms with Gasteiger partial charge in [-0.05, 0) is 48.5 Å². The monoisotopic (exact) mass is 451 g/mol. The lowest BCUT2D eigenvalue weighted by atomic mass is 10.1. The Labute approximate surface area is 186 Å². The molecule has 0 unspecified atom stereocenters. The molecule has 2 aromatic carbocycles. The van der Waals surface area contributed by atoms with E-state index in [1.165, 1.54) is 17.0 Å². The number of hydrogen-bond donors (Lipinski definition) is 0. The van der Waals surface area contributed by atoms with E-state index in [4.69, 9.17) is 0 Å². The standard InChI is InChI=1S/C23H21N3O3S2/c1-4-15-26-22(27)21(20-14-11-17-7-5-6-8-19(17)25(20)3)30-23(26)24-31(28,29)18-12-9-16(2)10-13-18/h4-14H,1,15H2,2-3H3. The van der Waals surface area contributed by atoms with Gasteiger partial charge in [0.15, 0.2) is 5.17 Å². The number of rotatable bonds is 4. The summed E-state index contributed by atoms with van der Waals surface area (Å²) < 4.78 is 29.7. The number of sulfonamides is 1. The molecule has 4 rings (SSSR count). The third kappa shape index (κ3) is 3.96. The zero-order chi connectivity index (χ0) is 22.2. The lowest BCUT2D eigenvalue weighted by Gasteiger charge is -2.27. The van der Waals surface area contributed by atoms with E-state index in [2.05, 4.69) is 11.0 Å². The molecule has 0 saturated carbocycles. The number of likely N-dealkylation sites (N-methyl/N-ethyl adjacent to an activating group) is 1. The number of amides is 1. The zero-order valence-electron chi connectivity index (χ0n) is 17.1. The molecule has 2 aromatic rings. The maximum absolute atomic E-state index is 13.2. The number of benzene rings is 2. The Kier molecular flexibility index (Phi) is 5.60. The van der Waals surface area contributed by atoms with E-state index >= 15 is 0 Å². The lowest BCUT2D eigenvalue weighted by molar-refractivity contribution is -0.121. The normalized spacial score (nSPS) is 19.8. The average Bonchev–Trinajstić information content (AvgIpc) is 3.04. The van der Waals surface area contributed by atoms with Crippen molar-refractivity contribution in [2.75, 3.05) is 18.5 Å². The number of fused-ring (bicyclic) bond motifs is 1. The fourth-order valence-corrected chi connectivity index (χ4v) is 5.65. The second kappa shape index (κ2) is 8.20. The molecule has 2 aliphatic rings. The van der Waals surface area contributed by atoms with E-state index in [0.29, 0.717) is 10.6 Å². The van der Waals surface area contributed by atoms with Crippen molar-refractivity contribution in [3.63, 3.8) is 0 Å². The lowest BCUT2D eigenvalue weighted by Crippen LogP contribution is -2.31. The summed E-state index contributed by atoms with van der Waals surface area (Å²) in [6.07, 6.45) is 5.36. The molecule has 158 valence electrons. The van der Waals surface area contributed by atoms with E-state index in [1.807, 2.05) is 55.3 Å². The van der Waals surface area contributed by atoms with Crippen molar-refractivity contribution in [2.45, 2.75) is 11.8 Å². The van der Waals surface area contributed by atoms with E-state index in [9.17, 15) is 13.2 Å². The van der Waals surface area contributed by atoms with Gasteiger partial charge in [-0.25, -0.2) is 0 Å². The van der Waals surface area contributed by atoms with Gasteiger partial charge in [-0.3, -0.25) is 9.69 Å². The number of carbonyl (C=O) groups excluding carboxylic acids is 1. The smallest absolute Gasteiger partial charge is 0.284 e. The second-order valence-electron chi connectivity index (χ2n) is 7.13. The fourth-order valence-electron chi connectivity index (χ4n) is 3.36. The highest BCUT2D eigenvalue weighted by Crippen LogP contribution is 2.39. The molecule has 0 aliphatic carbocycles. The number of anilines is 1. The van der Waals surface area contributed by atoms with Crippen molar-refractivity contribution in [1.82, 2.24) is 4.90 Å². The number of aryl methyl sites for hydroxylation is 1. The molecule has 2 heterocycles. The van der Waals surface area contributed by atoms with Crippen molar-refractivity contribution in [2.24, 2.45) is 4.40 Å². The zero-order valence-corrected chi connectivity index (χ0v) is 18.8. The van der Waals surface area contributed by atoms with E-state index in [1.54, 1.807) is 18.2 Å². The molecule has 6 nitrogen and oxygen atoms in total. The molecule has 1 saturated heterocycles. The number of carbonyl (C=O) groups is 1. The first-order valence-corrected chi connectivity index (χ1v) is 11.8. The van der Waals surface area contributed by atoms with Crippen LogP contribution in [0.5, 0.6) is 0 Å². The highest BCUT2D eigenvalue weighted by Gasteiger charge is 2.37. The first-order chi connectivity index (χ1) is 14.8. The predicted octanol–water partition coefficient (Wildman–Crippen LogP) is 4.18. The van der Waals surface area contributed by atoms with Crippen LogP contribution < -0.4 is 4.90 Å². The maximum Gasteiger partial charge on any atom is 0.284 e. The second-order valence-corrected chi connectivity index (χ2v) is 9.72. The molecule has 0 N–H and O–H groups in total. The minimum Gasteiger partial charge on any atom is -0.343 e. The summed E-state index contributed by atoms with van der Waals surface area (Å²) in [6, 6.07) is 14.3. The minimum absolute atomic E-state index is 0.0851. The van der Waals surface area contributed by atoms with Gasteiger partial charge in [0, 0.05) is 19.3 Å². The summed E-state index contributed by atoms with van der Waals surface area (Å²) >= 11 is 1.06. The summed E-state index contributed by atoms with van der Waals surface area (Å²) in [4.78, 5) is 17.0. The third-order valence-corrected chi connectivity index (χ3v) is 7.48. The van der Waals surface area contributed by atoms with Crippen molar-refractivity contribution in [1.29, 1.82) is 0 Å². The fraction of sp³-hybridized carbons (Fsp3) is 0.130. The Morgan fingerprint density at radius 1 is 1.10 bits per heavy atom. The topological polar surface area (TPSA) is 70.1 Å². The molecule has 0 atom stereocenters. The highest BCUT2D eigenvalue weighted by atomic mass is 32.2. The molecule has 2 aliphatic heterocycles. The van der Waals surface area contributed by atoms with Crippen LogP contribution >= 0.6 is 11.8 Å². The summed E-state index contributed by atoms with van der Waals surface area (Å²) in [5.41, 5.74) is 3.66. The predicted molar refractivity (Wildman–Crippen MR) is 126 cm³/mol. The third-order valence-electron chi connectivity index (χ3n) is 5.01. The van der Waals surface area contributed by atoms with Gasteiger partial charge in [-0.2, -0.15) is 8.42 Å². The minimum atomic E-state index is -3.97. The van der Waals surface area contributed by atoms with Crippen molar-refractivity contribution in [3.8, 4) is 0 Å². The van der Waals surface area contributed by atoms with Crippen LogP contribution in [0, 0.1) is 6.92 Å². The Morgan fingerprint density at radius 3 is 2.52 bits per heavy atom. The highest BCUT2D eigenvalue weighted by molar-refractivity contribution is 8.19. The molecule has 0 spiro atoms. The summed E-state index contributed by atoms with van der Waals surface area (Å²) in [5.74, 6) is -0.298. The van der Waals surface area contributed by atoms with Gasteiger partial charge >= 0.3 is 0 Å². The van der Waals surface area contributed by atoms with Gasteiger partial charge in [0.25, 0.3) is 15.9 Å². The van der Waals surface area contributed by atoms with Gasteiger partial charge in [0.2, 0.25) is 0 Å². The number of amidine groups is 1. The molecule has 8 heteroatoms. The van der Waals surface area contributed by atoms with Crippen molar-refractivity contribution in [3.05, 3.63) is 89.0 Å². The largest absolute Gasteiger partial charge is 0.343 e. The Morgan fingerprint density at radius 2 is 1.81 bits per heavy atom. The van der Waals surface area contributed by atoms with Crippen LogP contribution in [-0.2, 0) is 14.8 Å². The van der Waals surface area contributed by atoms with E-state index in [0.717, 1.165) is 28.6 Å². The van der Waals surface area contributed by atoms with Gasteiger partial charge in [0.1, 0.15) is 4.91 Å². The number of thioether (sulfide) groups is 1. The van der Waals surface area contributed by atoms with Crippen molar-refractivity contribution >= 4 is 44.6 Å². The number of hydrogen-bond acceptors (Lipinski definition) is 5. The first-order valence-electron chi connectivity index (χ1n) is 9.59. The Bertz CT molecular complexity index is 1260. The van der Waals surface area contributed by atoms with Crippen LogP contribution in [0.4, 0.5) is 5.69 Å². The molecule has 0 bridgehead atoms. The van der Waals surface area contributed by atoms with Gasteiger partial charge in [-0.1, -0.05) is 48.0 Å². The van der Waals surface area contributed by atoms with Crippen LogP contribution in [0.3, 0.4) is 0 Å². The van der Waals surface area contributed by atoms with Crippen LogP contribution in [0.25, 0.3) is 6.08 Å². The summed E-state index contributed by atoms with van der Waals surface area (Å²) in [6.45, 7) is 5.73. The van der Waals surface area contributed by atoms with E-state index in [-0.39, 0.29) is 22.5 Å². The van der Waals surface area contributed by atoms with Crippen LogP contribution in [0.15, 0.2) is 87.2 Å². The molecular weight excluding hydrogens is 430 g/mol. The quantitative estimate of drug-likeness (QED) is 0.515. The van der Waals surface area contributed by atoms with Gasteiger partial charge in [-0.15, -0.1) is 11.0 Å². The molecular formula is C23H21N3O3S2. The molecule has 31 heavy (non-hydrogen) atoms. The summed E-state index contributed by atoms with van der Waals surface area (Å²) in [7, 11) is -2.08. The first kappa shape index (κ1) is 21.1. The van der Waals surface area contributed by atoms with E-state index < -0.39 is 10.0 Å². The average molecular weight is 452 g/mol. The molecule has 1 fully saturated rings. The summed E-state index contributed by atoms with van der Waals surface area (Å²) in [5, 5.41) is 0.119. The van der Waals surface area contributed by atoms with Crippen molar-refractivity contribution < 1.29 is 13.2 Å². The number of para-hydroxylation sites is 1. The molecule has 0 radical (unpaired) electrons. The van der Waals surface area contributed by atoms with Crippen LogP contribution in [0.1, 0.15) is 11.1 Å². The SMILES string of the molecule is C=CCN1C(=O)C(=C2C=Cc3ccccc3N2C)SC1=NS(=O)(=O)c1ccc(C)cc1. The Hall–Kier alpha value is -3.10. The number of nitrogens with zero attached hydrogens (tertiary/aromatic N) is 3. The van der Waals surface area contributed by atoms with Crippen LogP contribution in [-0.4, -0.2) is 38.0 Å². The maximum atomic E-state index is 13.2. The van der Waals surface area contributed by atoms with Gasteiger partial charge in [0.05, 0.1) is 10.6 Å². The molecule has 1 amide bonds. The molecule has 0 aromatic heterocycles. The number of allylic oxidation sites excluding steroid dienone is 1. The van der Waals surface area contributed by atoms with Crippen LogP contribution in [0.2, 0.25) is 0 Å². The van der Waals surface area contributed by atoms with Gasteiger partial charge < -0.3 is 4.90 Å². The Balaban J connectivity index is 1.77.